The zero-order chi connectivity index (χ0) is 13.9. The Kier molecular flexibility index (Phi) is 3.63. The first-order valence-corrected chi connectivity index (χ1v) is 7.31. The van der Waals surface area contributed by atoms with Crippen LogP contribution in [0.25, 0.3) is 11.4 Å². The van der Waals surface area contributed by atoms with E-state index in [4.69, 9.17) is 5.73 Å². The molecule has 1 fully saturated rings. The number of nitrogen functional groups attached to an aromatic ring is 1. The molecule has 2 N–H and O–H groups in total. The maximum absolute atomic E-state index is 5.88. The first-order chi connectivity index (χ1) is 9.72. The van der Waals surface area contributed by atoms with Crippen LogP contribution < -0.4 is 5.73 Å². The van der Waals surface area contributed by atoms with E-state index >= 15 is 0 Å². The van der Waals surface area contributed by atoms with Gasteiger partial charge in [0.25, 0.3) is 0 Å². The minimum absolute atomic E-state index is 0.331. The van der Waals surface area contributed by atoms with E-state index < -0.39 is 0 Å². The fraction of sp³-hybridized carbons (Fsp3) is 0.438. The van der Waals surface area contributed by atoms with Gasteiger partial charge in [-0.25, -0.2) is 4.98 Å². The summed E-state index contributed by atoms with van der Waals surface area (Å²) >= 11 is 0. The smallest absolute Gasteiger partial charge is 0.223 e. The summed E-state index contributed by atoms with van der Waals surface area (Å²) in [4.78, 5) is 13.3. The van der Waals surface area contributed by atoms with Crippen LogP contribution in [0.1, 0.15) is 49.4 Å². The van der Waals surface area contributed by atoms with Crippen molar-refractivity contribution in [3.05, 3.63) is 35.7 Å². The quantitative estimate of drug-likeness (QED) is 0.905. The topological polar surface area (TPSA) is 64.7 Å². The van der Waals surface area contributed by atoms with Gasteiger partial charge in [-0.3, -0.25) is 0 Å². The number of aromatic nitrogens is 3. The molecule has 3 rings (SSSR count). The van der Waals surface area contributed by atoms with Gasteiger partial charge in [-0.05, 0) is 25.8 Å². The average Bonchev–Trinajstić information content (AvgIpc) is 2.47. The first kappa shape index (κ1) is 13.0. The van der Waals surface area contributed by atoms with E-state index in [1.807, 2.05) is 12.1 Å². The van der Waals surface area contributed by atoms with E-state index in [9.17, 15) is 0 Å². The van der Waals surface area contributed by atoms with Crippen molar-refractivity contribution in [2.24, 2.45) is 0 Å². The van der Waals surface area contributed by atoms with Crippen molar-refractivity contribution in [2.45, 2.75) is 44.9 Å². The van der Waals surface area contributed by atoms with Gasteiger partial charge in [-0.15, -0.1) is 0 Å². The van der Waals surface area contributed by atoms with Crippen molar-refractivity contribution in [1.29, 1.82) is 0 Å². The van der Waals surface area contributed by atoms with Gasteiger partial charge in [0.1, 0.15) is 5.82 Å². The van der Waals surface area contributed by atoms with Crippen molar-refractivity contribution < 1.29 is 0 Å². The highest BCUT2D eigenvalue weighted by atomic mass is 15.1. The molecule has 4 nitrogen and oxygen atoms in total. The molecule has 0 radical (unpaired) electrons. The maximum Gasteiger partial charge on any atom is 0.223 e. The van der Waals surface area contributed by atoms with E-state index in [1.165, 1.54) is 24.8 Å². The lowest BCUT2D eigenvalue weighted by molar-refractivity contribution is 0.428. The summed E-state index contributed by atoms with van der Waals surface area (Å²) in [5.41, 5.74) is 8.08. The van der Waals surface area contributed by atoms with E-state index in [-0.39, 0.29) is 0 Å². The molecule has 1 aliphatic rings. The Morgan fingerprint density at radius 1 is 1.05 bits per heavy atom. The second kappa shape index (κ2) is 5.57. The number of nitrogens with zero attached hydrogens (tertiary/aromatic N) is 3. The van der Waals surface area contributed by atoms with Gasteiger partial charge in [0.2, 0.25) is 5.95 Å². The summed E-state index contributed by atoms with van der Waals surface area (Å²) in [6, 6.07) is 8.19. The van der Waals surface area contributed by atoms with Crippen LogP contribution in [0.5, 0.6) is 0 Å². The number of benzene rings is 1. The van der Waals surface area contributed by atoms with E-state index in [1.54, 1.807) is 0 Å². The molecular weight excluding hydrogens is 248 g/mol. The third-order valence-corrected chi connectivity index (χ3v) is 3.92. The first-order valence-electron chi connectivity index (χ1n) is 7.31. The number of aryl methyl sites for hydroxylation is 1. The second-order valence-corrected chi connectivity index (χ2v) is 5.58. The molecule has 0 saturated heterocycles. The highest BCUT2D eigenvalue weighted by molar-refractivity contribution is 5.56. The molecule has 0 atom stereocenters. The Labute approximate surface area is 119 Å². The van der Waals surface area contributed by atoms with Gasteiger partial charge >= 0.3 is 0 Å². The van der Waals surface area contributed by atoms with Gasteiger partial charge in [0.15, 0.2) is 5.82 Å². The van der Waals surface area contributed by atoms with E-state index in [0.29, 0.717) is 17.7 Å². The van der Waals surface area contributed by atoms with E-state index in [0.717, 1.165) is 24.2 Å². The Bertz CT molecular complexity index is 603. The zero-order valence-corrected chi connectivity index (χ0v) is 11.8. The fourth-order valence-corrected chi connectivity index (χ4v) is 2.87. The summed E-state index contributed by atoms with van der Waals surface area (Å²) in [6.07, 6.45) is 6.17. The lowest BCUT2D eigenvalue weighted by Crippen LogP contribution is -2.12. The minimum Gasteiger partial charge on any atom is -0.368 e. The van der Waals surface area contributed by atoms with Crippen molar-refractivity contribution in [3.8, 4) is 11.4 Å². The SMILES string of the molecule is Cc1cccc(-c2nc(N)nc(C3CCCCC3)n2)c1. The number of hydrogen-bond donors (Lipinski definition) is 1. The summed E-state index contributed by atoms with van der Waals surface area (Å²) in [5.74, 6) is 2.34. The van der Waals surface area contributed by atoms with Crippen molar-refractivity contribution >= 4 is 5.95 Å². The summed E-state index contributed by atoms with van der Waals surface area (Å²) < 4.78 is 0. The number of anilines is 1. The lowest BCUT2D eigenvalue weighted by atomic mass is 9.89. The summed E-state index contributed by atoms with van der Waals surface area (Å²) in [6.45, 7) is 2.07. The zero-order valence-electron chi connectivity index (χ0n) is 11.8. The molecule has 20 heavy (non-hydrogen) atoms. The molecule has 1 aromatic heterocycles. The van der Waals surface area contributed by atoms with Crippen LogP contribution in [0.4, 0.5) is 5.95 Å². The standard InChI is InChI=1S/C16H20N4/c1-11-6-5-9-13(10-11)15-18-14(19-16(17)20-15)12-7-3-2-4-8-12/h5-6,9-10,12H,2-4,7-8H2,1H3,(H2,17,18,19,20). The average molecular weight is 268 g/mol. The lowest BCUT2D eigenvalue weighted by Gasteiger charge is -2.20. The number of nitrogens with two attached hydrogens (primary N) is 1. The molecular formula is C16H20N4. The van der Waals surface area contributed by atoms with Crippen LogP contribution in [0.2, 0.25) is 0 Å². The van der Waals surface area contributed by atoms with Gasteiger partial charge < -0.3 is 5.73 Å². The molecule has 1 heterocycles. The van der Waals surface area contributed by atoms with Gasteiger partial charge in [0, 0.05) is 11.5 Å². The molecule has 4 heteroatoms. The largest absolute Gasteiger partial charge is 0.368 e. The van der Waals surface area contributed by atoms with Crippen molar-refractivity contribution in [3.63, 3.8) is 0 Å². The Morgan fingerprint density at radius 3 is 2.60 bits per heavy atom. The molecule has 0 bridgehead atoms. The molecule has 2 aromatic rings. The van der Waals surface area contributed by atoms with Crippen LogP contribution >= 0.6 is 0 Å². The molecule has 104 valence electrons. The normalized spacial score (nSPS) is 16.2. The Hall–Kier alpha value is -1.97. The van der Waals surface area contributed by atoms with Crippen molar-refractivity contribution in [2.75, 3.05) is 5.73 Å². The monoisotopic (exact) mass is 268 g/mol. The Balaban J connectivity index is 1.97. The summed E-state index contributed by atoms with van der Waals surface area (Å²) in [5, 5.41) is 0. The highest BCUT2D eigenvalue weighted by Crippen LogP contribution is 2.31. The molecule has 0 unspecified atom stereocenters. The third-order valence-electron chi connectivity index (χ3n) is 3.92. The van der Waals surface area contributed by atoms with Crippen LogP contribution in [-0.2, 0) is 0 Å². The predicted molar refractivity (Wildman–Crippen MR) is 80.2 cm³/mol. The van der Waals surface area contributed by atoms with E-state index in [2.05, 4.69) is 34.0 Å². The number of hydrogen-bond acceptors (Lipinski definition) is 4. The fourth-order valence-electron chi connectivity index (χ4n) is 2.87. The molecule has 1 aliphatic carbocycles. The Morgan fingerprint density at radius 2 is 1.85 bits per heavy atom. The molecule has 0 aliphatic heterocycles. The summed E-state index contributed by atoms with van der Waals surface area (Å²) in [7, 11) is 0. The van der Waals surface area contributed by atoms with Gasteiger partial charge in [-0.2, -0.15) is 9.97 Å². The van der Waals surface area contributed by atoms with Gasteiger partial charge in [0.05, 0.1) is 0 Å². The van der Waals surface area contributed by atoms with Crippen LogP contribution in [0, 0.1) is 6.92 Å². The van der Waals surface area contributed by atoms with Crippen LogP contribution in [0.3, 0.4) is 0 Å². The maximum atomic E-state index is 5.88. The molecule has 0 spiro atoms. The van der Waals surface area contributed by atoms with Crippen LogP contribution in [0.15, 0.2) is 24.3 Å². The van der Waals surface area contributed by atoms with Gasteiger partial charge in [-0.1, -0.05) is 43.0 Å². The molecule has 1 aromatic carbocycles. The third kappa shape index (κ3) is 2.79. The highest BCUT2D eigenvalue weighted by Gasteiger charge is 2.20. The minimum atomic E-state index is 0.331. The van der Waals surface area contributed by atoms with Crippen LogP contribution in [-0.4, -0.2) is 15.0 Å². The predicted octanol–water partition coefficient (Wildman–Crippen LogP) is 3.48. The molecule has 1 saturated carbocycles. The molecule has 0 amide bonds. The number of rotatable bonds is 2. The second-order valence-electron chi connectivity index (χ2n) is 5.58. The van der Waals surface area contributed by atoms with Crippen molar-refractivity contribution in [1.82, 2.24) is 15.0 Å².